The molecule has 0 aliphatic carbocycles. The van der Waals surface area contributed by atoms with Crippen molar-refractivity contribution in [2.45, 2.75) is 70.4 Å². The third-order valence-corrected chi connectivity index (χ3v) is 7.85. The van der Waals surface area contributed by atoms with Gasteiger partial charge in [-0.05, 0) is 68.0 Å². The summed E-state index contributed by atoms with van der Waals surface area (Å²) >= 11 is 0. The Balaban J connectivity index is 1.59. The summed E-state index contributed by atoms with van der Waals surface area (Å²) in [7, 11) is -3.62. The summed E-state index contributed by atoms with van der Waals surface area (Å²) in [5, 5.41) is 0. The van der Waals surface area contributed by atoms with Crippen molar-refractivity contribution in [1.29, 1.82) is 0 Å². The Morgan fingerprint density at radius 3 is 2.03 bits per heavy atom. The molecule has 2 aromatic rings. The Bertz CT molecular complexity index is 1080. The molecular weight excluding hydrogens is 446 g/mol. The largest absolute Gasteiger partial charge is 0.337 e. The molecule has 0 bridgehead atoms. The van der Waals surface area contributed by atoms with Crippen LogP contribution in [0.15, 0.2) is 53.4 Å². The molecule has 186 valence electrons. The lowest BCUT2D eigenvalue weighted by Crippen LogP contribution is -2.44. The fourth-order valence-corrected chi connectivity index (χ4v) is 5.15. The van der Waals surface area contributed by atoms with Gasteiger partial charge in [0, 0.05) is 43.8 Å². The first kappa shape index (κ1) is 26.4. The number of hydrogen-bond donors (Lipinski definition) is 1. The molecule has 1 fully saturated rings. The van der Waals surface area contributed by atoms with Gasteiger partial charge in [0.15, 0.2) is 0 Å². The van der Waals surface area contributed by atoms with Crippen LogP contribution in [0.25, 0.3) is 0 Å². The number of hydrogen-bond acceptors (Lipinski definition) is 4. The number of benzene rings is 2. The fraction of sp³-hybridized carbons (Fsp3) is 0.519. The van der Waals surface area contributed by atoms with E-state index in [-0.39, 0.29) is 28.3 Å². The molecule has 1 amide bonds. The average molecular weight is 486 g/mol. The van der Waals surface area contributed by atoms with E-state index in [1.807, 2.05) is 29.2 Å². The summed E-state index contributed by atoms with van der Waals surface area (Å²) in [4.78, 5) is 17.6. The second kappa shape index (κ2) is 10.2. The van der Waals surface area contributed by atoms with Crippen molar-refractivity contribution in [2.75, 3.05) is 26.2 Å². The summed E-state index contributed by atoms with van der Waals surface area (Å²) < 4.78 is 28.1. The van der Waals surface area contributed by atoms with E-state index in [1.165, 1.54) is 0 Å². The van der Waals surface area contributed by atoms with E-state index >= 15 is 0 Å². The monoisotopic (exact) mass is 485 g/mol. The van der Waals surface area contributed by atoms with Crippen LogP contribution in [0.1, 0.15) is 69.4 Å². The number of sulfonamides is 1. The minimum Gasteiger partial charge on any atom is -0.337 e. The maximum Gasteiger partial charge on any atom is 0.253 e. The van der Waals surface area contributed by atoms with Crippen LogP contribution in [0.5, 0.6) is 0 Å². The van der Waals surface area contributed by atoms with E-state index in [9.17, 15) is 13.2 Å². The normalized spacial score (nSPS) is 16.4. The standard InChI is InChI=1S/C27H39N3O3S/c1-26(2,3)23-12-14-24(15-13-23)34(32,33)28-20-21-8-10-22(11-9-21)25(31)29-16-7-17-30(19-18-29)27(4,5)6/h8-15,28H,7,16-20H2,1-6H3. The molecule has 0 spiro atoms. The predicted molar refractivity (Wildman–Crippen MR) is 137 cm³/mol. The number of amides is 1. The van der Waals surface area contributed by atoms with Crippen LogP contribution < -0.4 is 4.72 Å². The number of nitrogens with zero attached hydrogens (tertiary/aromatic N) is 2. The maximum atomic E-state index is 13.0. The van der Waals surface area contributed by atoms with Gasteiger partial charge in [-0.15, -0.1) is 0 Å². The maximum absolute atomic E-state index is 13.0. The molecule has 34 heavy (non-hydrogen) atoms. The molecule has 1 aliphatic heterocycles. The van der Waals surface area contributed by atoms with Gasteiger partial charge in [-0.3, -0.25) is 9.69 Å². The zero-order valence-electron chi connectivity index (χ0n) is 21.4. The van der Waals surface area contributed by atoms with E-state index < -0.39 is 10.0 Å². The second-order valence-electron chi connectivity index (χ2n) is 11.1. The average Bonchev–Trinajstić information content (AvgIpc) is 3.04. The zero-order valence-corrected chi connectivity index (χ0v) is 22.2. The smallest absolute Gasteiger partial charge is 0.253 e. The number of carbonyl (C=O) groups excluding carboxylic acids is 1. The Labute approximate surface area is 205 Å². The van der Waals surface area contributed by atoms with Gasteiger partial charge in [0.2, 0.25) is 10.0 Å². The van der Waals surface area contributed by atoms with Crippen LogP contribution in [-0.2, 0) is 22.0 Å². The molecule has 0 radical (unpaired) electrons. The molecule has 3 rings (SSSR count). The lowest BCUT2D eigenvalue weighted by Gasteiger charge is -2.34. The Morgan fingerprint density at radius 1 is 0.853 bits per heavy atom. The first-order chi connectivity index (χ1) is 15.8. The second-order valence-corrected chi connectivity index (χ2v) is 12.9. The molecule has 1 aliphatic rings. The molecule has 1 heterocycles. The number of rotatable bonds is 5. The van der Waals surface area contributed by atoms with Crippen LogP contribution in [-0.4, -0.2) is 55.8 Å². The van der Waals surface area contributed by atoms with Crippen molar-refractivity contribution in [3.05, 3.63) is 65.2 Å². The quantitative estimate of drug-likeness (QED) is 0.681. The number of carbonyl (C=O) groups is 1. The Morgan fingerprint density at radius 2 is 1.47 bits per heavy atom. The molecule has 7 heteroatoms. The van der Waals surface area contributed by atoms with Gasteiger partial charge in [-0.25, -0.2) is 13.1 Å². The highest BCUT2D eigenvalue weighted by Gasteiger charge is 2.26. The zero-order chi connectivity index (χ0) is 25.1. The Kier molecular flexibility index (Phi) is 7.90. The highest BCUT2D eigenvalue weighted by Crippen LogP contribution is 2.23. The summed E-state index contributed by atoms with van der Waals surface area (Å²) in [6, 6.07) is 14.2. The van der Waals surface area contributed by atoms with Crippen LogP contribution >= 0.6 is 0 Å². The minimum absolute atomic E-state index is 0.0295. The van der Waals surface area contributed by atoms with Gasteiger partial charge < -0.3 is 4.90 Å². The molecular formula is C27H39N3O3S. The summed E-state index contributed by atoms with van der Waals surface area (Å²) in [5.74, 6) is 0.0295. The van der Waals surface area contributed by atoms with Gasteiger partial charge in [0.1, 0.15) is 0 Å². The molecule has 0 atom stereocenters. The van der Waals surface area contributed by atoms with Crippen molar-refractivity contribution < 1.29 is 13.2 Å². The number of nitrogens with one attached hydrogen (secondary N) is 1. The lowest BCUT2D eigenvalue weighted by atomic mass is 9.87. The Hall–Kier alpha value is -2.22. The molecule has 1 N–H and O–H groups in total. The van der Waals surface area contributed by atoms with Crippen molar-refractivity contribution in [3.8, 4) is 0 Å². The summed E-state index contributed by atoms with van der Waals surface area (Å²) in [6.07, 6.45) is 0.958. The third kappa shape index (κ3) is 6.68. The molecule has 0 aromatic heterocycles. The van der Waals surface area contributed by atoms with E-state index in [2.05, 4.69) is 51.2 Å². The minimum atomic E-state index is -3.62. The van der Waals surface area contributed by atoms with E-state index in [4.69, 9.17) is 0 Å². The first-order valence-corrected chi connectivity index (χ1v) is 13.5. The molecule has 0 saturated carbocycles. The SMILES string of the molecule is CC(C)(C)c1ccc(S(=O)(=O)NCc2ccc(C(=O)N3CCCN(C(C)(C)C)CC3)cc2)cc1. The van der Waals surface area contributed by atoms with Gasteiger partial charge >= 0.3 is 0 Å². The molecule has 2 aromatic carbocycles. The third-order valence-electron chi connectivity index (χ3n) is 6.43. The van der Waals surface area contributed by atoms with Crippen molar-refractivity contribution in [1.82, 2.24) is 14.5 Å². The lowest BCUT2D eigenvalue weighted by molar-refractivity contribution is 0.0749. The summed E-state index contributed by atoms with van der Waals surface area (Å²) in [6.45, 7) is 16.4. The van der Waals surface area contributed by atoms with Gasteiger partial charge in [-0.2, -0.15) is 0 Å². The van der Waals surface area contributed by atoms with Crippen LogP contribution in [0.3, 0.4) is 0 Å². The highest BCUT2D eigenvalue weighted by atomic mass is 32.2. The first-order valence-electron chi connectivity index (χ1n) is 12.0. The van der Waals surface area contributed by atoms with E-state index in [0.717, 1.165) is 37.2 Å². The predicted octanol–water partition coefficient (Wildman–Crippen LogP) is 4.41. The van der Waals surface area contributed by atoms with Crippen molar-refractivity contribution in [2.24, 2.45) is 0 Å². The molecule has 1 saturated heterocycles. The van der Waals surface area contributed by atoms with Gasteiger partial charge in [0.25, 0.3) is 5.91 Å². The molecule has 0 unspecified atom stereocenters. The van der Waals surface area contributed by atoms with Crippen molar-refractivity contribution in [3.63, 3.8) is 0 Å². The van der Waals surface area contributed by atoms with E-state index in [0.29, 0.717) is 12.1 Å². The van der Waals surface area contributed by atoms with Crippen LogP contribution in [0, 0.1) is 0 Å². The summed E-state index contributed by atoms with van der Waals surface area (Å²) in [5.41, 5.74) is 2.59. The molecule has 6 nitrogen and oxygen atoms in total. The highest BCUT2D eigenvalue weighted by molar-refractivity contribution is 7.89. The fourth-order valence-electron chi connectivity index (χ4n) is 4.13. The van der Waals surface area contributed by atoms with Crippen LogP contribution in [0.2, 0.25) is 0 Å². The van der Waals surface area contributed by atoms with Crippen molar-refractivity contribution >= 4 is 15.9 Å². The van der Waals surface area contributed by atoms with E-state index in [1.54, 1.807) is 24.3 Å². The van der Waals surface area contributed by atoms with Gasteiger partial charge in [0.05, 0.1) is 4.90 Å². The topological polar surface area (TPSA) is 69.7 Å². The van der Waals surface area contributed by atoms with Gasteiger partial charge in [-0.1, -0.05) is 45.0 Å². The van der Waals surface area contributed by atoms with Crippen LogP contribution in [0.4, 0.5) is 0 Å².